The van der Waals surface area contributed by atoms with Crippen LogP contribution in [-0.2, 0) is 17.1 Å². The van der Waals surface area contributed by atoms with E-state index in [0.29, 0.717) is 0 Å². The average Bonchev–Trinajstić information content (AvgIpc) is 3.33. The number of allylic oxidation sites excluding steroid dienone is 8. The molecule has 2 rings (SSSR count). The number of rotatable bonds is 13. The normalized spacial score (nSPS) is 14.4. The molecule has 0 bridgehead atoms. The van der Waals surface area contributed by atoms with Crippen molar-refractivity contribution in [3.8, 4) is 0 Å². The van der Waals surface area contributed by atoms with Gasteiger partial charge in [-0.15, -0.1) is 0 Å². The second kappa shape index (κ2) is 15.2. The summed E-state index contributed by atoms with van der Waals surface area (Å²) in [6.45, 7) is 18.4. The molecule has 0 aromatic heterocycles. The summed E-state index contributed by atoms with van der Waals surface area (Å²) in [6, 6.07) is 0. The maximum atomic E-state index is 4.02. The molecular weight excluding hydrogens is 439 g/mol. The summed E-state index contributed by atoms with van der Waals surface area (Å²) in [5.74, 6) is 0. The number of nitrogens with zero attached hydrogens (tertiary/aromatic N) is 2. The first kappa shape index (κ1) is 27.4. The fourth-order valence-electron chi connectivity index (χ4n) is 3.64. The molecule has 151 valence electrons. The SMILES string of the molecule is C=CCN(CC=C)[SiH](N(CC=C)CC=C)[Ti+2]([C]1=CC=CC1)[C]1=CC=CC1.[Cl-].[Cl-]. The van der Waals surface area contributed by atoms with E-state index in [0.717, 1.165) is 39.0 Å². The Labute approximate surface area is 191 Å². The molecule has 2 aliphatic rings. The summed E-state index contributed by atoms with van der Waals surface area (Å²) < 4.78 is 8.74. The van der Waals surface area contributed by atoms with Crippen molar-refractivity contribution in [2.24, 2.45) is 0 Å². The summed E-state index contributed by atoms with van der Waals surface area (Å²) in [7, 11) is 0. The minimum absolute atomic E-state index is 0. The number of hydrogen-bond donors (Lipinski definition) is 0. The topological polar surface area (TPSA) is 6.48 Å². The summed E-state index contributed by atoms with van der Waals surface area (Å²) in [5.41, 5.74) is 0. The molecule has 0 spiro atoms. The summed E-state index contributed by atoms with van der Waals surface area (Å²) in [4.78, 5) is 0. The van der Waals surface area contributed by atoms with Crippen LogP contribution in [0, 0.1) is 0 Å². The monoisotopic (exact) mass is 469 g/mol. The molecule has 0 aromatic rings. The first-order valence-corrected chi connectivity index (χ1v) is 15.1. The van der Waals surface area contributed by atoms with Gasteiger partial charge in [0.15, 0.2) is 0 Å². The van der Waals surface area contributed by atoms with E-state index in [4.69, 9.17) is 0 Å². The van der Waals surface area contributed by atoms with Crippen LogP contribution in [-0.4, -0.2) is 42.3 Å². The Morgan fingerprint density at radius 2 is 1.11 bits per heavy atom. The second-order valence-corrected chi connectivity index (χ2v) is 16.8. The zero-order valence-corrected chi connectivity index (χ0v) is 20.8. The van der Waals surface area contributed by atoms with Gasteiger partial charge in [-0.25, -0.2) is 0 Å². The zero-order valence-electron chi connectivity index (χ0n) is 16.6. The fraction of sp³-hybridized carbons (Fsp3) is 0.273. The predicted octanol–water partition coefficient (Wildman–Crippen LogP) is -1.63. The zero-order chi connectivity index (χ0) is 18.8. The standard InChI is InChI=1S/C12H21N2Si.2C5H5.2ClH.Ti/c1-5-9-13(10-6-2)15-14(11-7-3)12-8-4;2*1-2-4-5-3-1;;;/h5-8,15H,1-4,9-12H2;2*1-3H,4H2;2*1H;/q;;;;;+2/p-2. The van der Waals surface area contributed by atoms with Gasteiger partial charge >= 0.3 is 167 Å². The molecule has 0 fully saturated rings. The predicted molar refractivity (Wildman–Crippen MR) is 115 cm³/mol. The van der Waals surface area contributed by atoms with Crippen molar-refractivity contribution in [2.45, 2.75) is 12.8 Å². The van der Waals surface area contributed by atoms with E-state index in [-0.39, 0.29) is 24.8 Å². The van der Waals surface area contributed by atoms with Crippen molar-refractivity contribution in [3.05, 3.63) is 94.8 Å². The quantitative estimate of drug-likeness (QED) is 0.236. The molecular formula is C22H31Cl2N2SiTi. The Morgan fingerprint density at radius 1 is 0.750 bits per heavy atom. The Morgan fingerprint density at radius 3 is 1.36 bits per heavy atom. The molecule has 0 atom stereocenters. The minimum Gasteiger partial charge on any atom is -1.00 e. The third-order valence-electron chi connectivity index (χ3n) is 4.64. The van der Waals surface area contributed by atoms with Gasteiger partial charge in [0.25, 0.3) is 0 Å². The first-order chi connectivity index (χ1) is 12.8. The van der Waals surface area contributed by atoms with Gasteiger partial charge in [-0.2, -0.15) is 0 Å². The third kappa shape index (κ3) is 7.31. The van der Waals surface area contributed by atoms with E-state index in [1.807, 2.05) is 24.3 Å². The molecule has 0 aromatic carbocycles. The van der Waals surface area contributed by atoms with Crippen LogP contribution < -0.4 is 24.8 Å². The molecule has 2 nitrogen and oxygen atoms in total. The molecule has 6 heteroatoms. The van der Waals surface area contributed by atoms with Crippen molar-refractivity contribution >= 4 is 6.99 Å². The van der Waals surface area contributed by atoms with Crippen molar-refractivity contribution in [1.29, 1.82) is 0 Å². The molecule has 0 radical (unpaired) electrons. The molecule has 2 aliphatic carbocycles. The van der Waals surface area contributed by atoms with E-state index >= 15 is 0 Å². The smallest absolute Gasteiger partial charge is 1.00 e. The van der Waals surface area contributed by atoms with E-state index in [9.17, 15) is 0 Å². The molecule has 0 unspecified atom stereocenters. The van der Waals surface area contributed by atoms with Crippen LogP contribution in [0.5, 0.6) is 0 Å². The Kier molecular flexibility index (Phi) is 14.9. The molecule has 0 saturated carbocycles. The largest absolute Gasteiger partial charge is 1.00 e. The van der Waals surface area contributed by atoms with E-state index < -0.39 is 24.1 Å². The minimum atomic E-state index is -1.65. The van der Waals surface area contributed by atoms with Crippen molar-refractivity contribution in [3.63, 3.8) is 0 Å². The van der Waals surface area contributed by atoms with Crippen LogP contribution in [0.4, 0.5) is 0 Å². The van der Waals surface area contributed by atoms with Gasteiger partial charge < -0.3 is 24.8 Å². The van der Waals surface area contributed by atoms with E-state index in [1.165, 1.54) is 0 Å². The molecule has 0 amide bonds. The fourth-order valence-corrected chi connectivity index (χ4v) is 19.7. The van der Waals surface area contributed by atoms with E-state index in [2.05, 4.69) is 71.9 Å². The Hall–Kier alpha value is -0.649. The number of halogens is 2. The van der Waals surface area contributed by atoms with Gasteiger partial charge in [0.05, 0.1) is 0 Å². The van der Waals surface area contributed by atoms with Gasteiger partial charge in [-0.3, -0.25) is 0 Å². The average molecular weight is 470 g/mol. The molecule has 28 heavy (non-hydrogen) atoms. The van der Waals surface area contributed by atoms with Crippen LogP contribution >= 0.6 is 0 Å². The molecule has 0 heterocycles. The Balaban J connectivity index is 0.00000364. The van der Waals surface area contributed by atoms with Gasteiger partial charge in [0.1, 0.15) is 0 Å². The van der Waals surface area contributed by atoms with Crippen LogP contribution in [0.15, 0.2) is 94.8 Å². The summed E-state index contributed by atoms with van der Waals surface area (Å²) in [5, 5.41) is 0. The third-order valence-corrected chi connectivity index (χ3v) is 19.6. The van der Waals surface area contributed by atoms with Crippen molar-refractivity contribution in [2.75, 3.05) is 26.2 Å². The summed E-state index contributed by atoms with van der Waals surface area (Å²) >= 11 is -1.65. The Bertz CT molecular complexity index is 581. The first-order valence-electron chi connectivity index (χ1n) is 9.27. The van der Waals surface area contributed by atoms with Crippen LogP contribution in [0.2, 0.25) is 0 Å². The van der Waals surface area contributed by atoms with Crippen molar-refractivity contribution in [1.82, 2.24) is 9.13 Å². The molecule has 0 aliphatic heterocycles. The van der Waals surface area contributed by atoms with Crippen LogP contribution in [0.3, 0.4) is 0 Å². The van der Waals surface area contributed by atoms with Gasteiger partial charge in [-0.1, -0.05) is 0 Å². The van der Waals surface area contributed by atoms with Gasteiger partial charge in [-0.05, 0) is 0 Å². The number of hydrogen-bond acceptors (Lipinski definition) is 2. The van der Waals surface area contributed by atoms with Crippen LogP contribution in [0.25, 0.3) is 0 Å². The van der Waals surface area contributed by atoms with Crippen LogP contribution in [0.1, 0.15) is 12.8 Å². The second-order valence-electron chi connectivity index (χ2n) is 6.50. The molecule has 0 N–H and O–H groups in total. The van der Waals surface area contributed by atoms with E-state index in [1.54, 1.807) is 7.76 Å². The maximum absolute atomic E-state index is 4.02. The maximum Gasteiger partial charge on any atom is -1.00 e. The van der Waals surface area contributed by atoms with Gasteiger partial charge in [0, 0.05) is 0 Å². The van der Waals surface area contributed by atoms with Crippen molar-refractivity contribution < 1.29 is 41.9 Å². The summed E-state index contributed by atoms with van der Waals surface area (Å²) in [6.07, 6.45) is 24.3. The molecule has 0 saturated heterocycles. The van der Waals surface area contributed by atoms with Gasteiger partial charge in [0.2, 0.25) is 0 Å².